The summed E-state index contributed by atoms with van der Waals surface area (Å²) < 4.78 is 0. The third-order valence-electron chi connectivity index (χ3n) is 4.57. The van der Waals surface area contributed by atoms with E-state index in [1.54, 1.807) is 30.3 Å². The highest BCUT2D eigenvalue weighted by atomic mass is 16.4. The molecule has 5 atom stereocenters. The minimum Gasteiger partial charge on any atom is -0.480 e. The van der Waals surface area contributed by atoms with E-state index in [1.807, 2.05) is 0 Å². The van der Waals surface area contributed by atoms with Gasteiger partial charge in [-0.2, -0.15) is 0 Å². The van der Waals surface area contributed by atoms with Crippen LogP contribution in [0.3, 0.4) is 0 Å². The number of nitrogens with one attached hydrogen (secondary N) is 3. The summed E-state index contributed by atoms with van der Waals surface area (Å²) >= 11 is 0. The molecule has 33 heavy (non-hydrogen) atoms. The normalized spacial score (nSPS) is 15.3. The number of hydrogen-bond donors (Lipinski definition) is 8. The summed E-state index contributed by atoms with van der Waals surface area (Å²) in [4.78, 5) is 60.1. The fourth-order valence-electron chi connectivity index (χ4n) is 2.69. The molecule has 13 heteroatoms. The number of amides is 4. The zero-order valence-electron chi connectivity index (χ0n) is 17.9. The maximum atomic E-state index is 12.7. The quantitative estimate of drug-likeness (QED) is 0.142. The van der Waals surface area contributed by atoms with Crippen molar-refractivity contribution in [3.63, 3.8) is 0 Å². The number of rotatable bonds is 13. The van der Waals surface area contributed by atoms with E-state index in [-0.39, 0.29) is 6.42 Å². The van der Waals surface area contributed by atoms with Crippen LogP contribution in [0.15, 0.2) is 30.3 Å². The molecular formula is C20H29N5O8. The number of aliphatic carboxylic acids is 1. The Morgan fingerprint density at radius 1 is 0.909 bits per heavy atom. The molecule has 0 bridgehead atoms. The lowest BCUT2D eigenvalue weighted by Gasteiger charge is -2.24. The SMILES string of the molecule is CC(O)C(N)C(=O)NC(CO)C(=O)NC(CC(N)=O)C(=O)NC(Cc1ccccc1)C(=O)O. The summed E-state index contributed by atoms with van der Waals surface area (Å²) in [6, 6.07) is 2.55. The van der Waals surface area contributed by atoms with Crippen molar-refractivity contribution >= 4 is 29.6 Å². The molecule has 0 heterocycles. The highest BCUT2D eigenvalue weighted by Gasteiger charge is 2.31. The second-order valence-electron chi connectivity index (χ2n) is 7.33. The van der Waals surface area contributed by atoms with Crippen molar-refractivity contribution in [2.75, 3.05) is 6.61 Å². The van der Waals surface area contributed by atoms with Crippen LogP contribution in [0.4, 0.5) is 0 Å². The highest BCUT2D eigenvalue weighted by Crippen LogP contribution is 2.05. The monoisotopic (exact) mass is 467 g/mol. The van der Waals surface area contributed by atoms with Crippen LogP contribution < -0.4 is 27.4 Å². The lowest BCUT2D eigenvalue weighted by molar-refractivity contribution is -0.142. The minimum atomic E-state index is -1.58. The van der Waals surface area contributed by atoms with Crippen LogP contribution in [0, 0.1) is 0 Å². The summed E-state index contributed by atoms with van der Waals surface area (Å²) in [5.41, 5.74) is 11.2. The van der Waals surface area contributed by atoms with Crippen molar-refractivity contribution in [3.05, 3.63) is 35.9 Å². The molecule has 0 aromatic heterocycles. The zero-order chi connectivity index (χ0) is 25.1. The molecule has 1 aromatic rings. The lowest BCUT2D eigenvalue weighted by atomic mass is 10.0. The van der Waals surface area contributed by atoms with E-state index in [0.717, 1.165) is 0 Å². The van der Waals surface area contributed by atoms with Crippen LogP contribution in [-0.2, 0) is 30.4 Å². The molecule has 4 amide bonds. The molecule has 0 aliphatic rings. The summed E-state index contributed by atoms with van der Waals surface area (Å²) in [6.07, 6.45) is -1.97. The van der Waals surface area contributed by atoms with Crippen molar-refractivity contribution < 1.29 is 39.3 Å². The molecule has 0 fully saturated rings. The van der Waals surface area contributed by atoms with Crippen LogP contribution in [0.25, 0.3) is 0 Å². The third-order valence-corrected chi connectivity index (χ3v) is 4.57. The number of primary amides is 1. The first-order valence-electron chi connectivity index (χ1n) is 9.96. The van der Waals surface area contributed by atoms with E-state index in [0.29, 0.717) is 5.56 Å². The predicted molar refractivity (Wildman–Crippen MR) is 114 cm³/mol. The van der Waals surface area contributed by atoms with Crippen LogP contribution in [0.5, 0.6) is 0 Å². The Labute approximate surface area is 189 Å². The number of aliphatic hydroxyl groups excluding tert-OH is 2. The Balaban J connectivity index is 2.92. The zero-order valence-corrected chi connectivity index (χ0v) is 17.9. The van der Waals surface area contributed by atoms with Gasteiger partial charge in [-0.25, -0.2) is 4.79 Å². The molecule has 1 aromatic carbocycles. The average Bonchev–Trinajstić information content (AvgIpc) is 2.75. The number of carboxylic acid groups (broad SMARTS) is 1. The standard InChI is InChI=1S/C20H29N5O8/c1-10(27)16(22)19(31)25-14(9-26)18(30)23-12(8-15(21)28)17(29)24-13(20(32)33)7-11-5-3-2-4-6-11/h2-6,10,12-14,16,26-27H,7-9,22H2,1H3,(H2,21,28)(H,23,30)(H,24,29)(H,25,31)(H,32,33). The summed E-state index contributed by atoms with van der Waals surface area (Å²) in [6.45, 7) is 0.362. The van der Waals surface area contributed by atoms with E-state index in [1.165, 1.54) is 6.92 Å². The second-order valence-corrected chi connectivity index (χ2v) is 7.33. The van der Waals surface area contributed by atoms with Crippen molar-refractivity contribution in [2.24, 2.45) is 11.5 Å². The Bertz CT molecular complexity index is 848. The van der Waals surface area contributed by atoms with Gasteiger partial charge >= 0.3 is 5.97 Å². The maximum absolute atomic E-state index is 12.7. The molecule has 182 valence electrons. The van der Waals surface area contributed by atoms with E-state index < -0.39 is 72.9 Å². The smallest absolute Gasteiger partial charge is 0.326 e. The van der Waals surface area contributed by atoms with Gasteiger partial charge in [-0.3, -0.25) is 19.2 Å². The first-order chi connectivity index (χ1) is 15.5. The van der Waals surface area contributed by atoms with Crippen LogP contribution in [0.2, 0.25) is 0 Å². The second kappa shape index (κ2) is 13.1. The summed E-state index contributed by atoms with van der Waals surface area (Å²) in [5, 5.41) is 34.8. The van der Waals surface area contributed by atoms with E-state index in [2.05, 4.69) is 16.0 Å². The van der Waals surface area contributed by atoms with E-state index >= 15 is 0 Å². The molecule has 13 nitrogen and oxygen atoms in total. The predicted octanol–water partition coefficient (Wildman–Crippen LogP) is -3.66. The number of carbonyl (C=O) groups is 5. The molecular weight excluding hydrogens is 438 g/mol. The molecule has 0 saturated carbocycles. The summed E-state index contributed by atoms with van der Waals surface area (Å²) in [7, 11) is 0. The number of carbonyl (C=O) groups excluding carboxylic acids is 4. The Kier molecular flexibility index (Phi) is 10.9. The Morgan fingerprint density at radius 2 is 1.42 bits per heavy atom. The Morgan fingerprint density at radius 3 is 1.91 bits per heavy atom. The maximum Gasteiger partial charge on any atom is 0.326 e. The van der Waals surface area contributed by atoms with Gasteiger partial charge in [0.1, 0.15) is 24.2 Å². The average molecular weight is 467 g/mol. The number of hydrogen-bond acceptors (Lipinski definition) is 8. The molecule has 0 spiro atoms. The molecule has 0 saturated heterocycles. The molecule has 0 aliphatic heterocycles. The van der Waals surface area contributed by atoms with Gasteiger partial charge < -0.3 is 42.7 Å². The van der Waals surface area contributed by atoms with Crippen molar-refractivity contribution in [3.8, 4) is 0 Å². The van der Waals surface area contributed by atoms with E-state index in [9.17, 15) is 39.3 Å². The fraction of sp³-hybridized carbons (Fsp3) is 0.450. The number of nitrogens with two attached hydrogens (primary N) is 2. The minimum absolute atomic E-state index is 0.0638. The molecule has 5 unspecified atom stereocenters. The van der Waals surface area contributed by atoms with Crippen LogP contribution >= 0.6 is 0 Å². The lowest BCUT2D eigenvalue weighted by Crippen LogP contribution is -2.59. The third kappa shape index (κ3) is 9.22. The van der Waals surface area contributed by atoms with Gasteiger partial charge in [0.15, 0.2) is 0 Å². The number of aliphatic hydroxyl groups is 2. The van der Waals surface area contributed by atoms with Crippen molar-refractivity contribution in [1.82, 2.24) is 16.0 Å². The van der Waals surface area contributed by atoms with Crippen LogP contribution in [0.1, 0.15) is 18.9 Å². The van der Waals surface area contributed by atoms with Gasteiger partial charge in [0.25, 0.3) is 0 Å². The first kappa shape index (κ1) is 27.5. The largest absolute Gasteiger partial charge is 0.480 e. The first-order valence-corrected chi connectivity index (χ1v) is 9.96. The number of benzene rings is 1. The molecule has 10 N–H and O–H groups in total. The fourth-order valence-corrected chi connectivity index (χ4v) is 2.69. The molecule has 0 aliphatic carbocycles. The van der Waals surface area contributed by atoms with Gasteiger partial charge in [-0.1, -0.05) is 30.3 Å². The Hall–Kier alpha value is -3.55. The van der Waals surface area contributed by atoms with Gasteiger partial charge in [0, 0.05) is 6.42 Å². The highest BCUT2D eigenvalue weighted by molar-refractivity contribution is 5.96. The number of carboxylic acids is 1. The van der Waals surface area contributed by atoms with Crippen molar-refractivity contribution in [1.29, 1.82) is 0 Å². The summed E-state index contributed by atoms with van der Waals surface area (Å²) in [5.74, 6) is -5.31. The topological polar surface area (TPSA) is 234 Å². The molecule has 1 rings (SSSR count). The molecule has 0 radical (unpaired) electrons. The van der Waals surface area contributed by atoms with Gasteiger partial charge in [-0.15, -0.1) is 0 Å². The van der Waals surface area contributed by atoms with Crippen molar-refractivity contribution in [2.45, 2.75) is 50.0 Å². The van der Waals surface area contributed by atoms with E-state index in [4.69, 9.17) is 11.5 Å². The van der Waals surface area contributed by atoms with Gasteiger partial charge in [-0.05, 0) is 12.5 Å². The van der Waals surface area contributed by atoms with Crippen LogP contribution in [-0.4, -0.2) is 81.8 Å². The van der Waals surface area contributed by atoms with Gasteiger partial charge in [0.2, 0.25) is 23.6 Å². The van der Waals surface area contributed by atoms with Gasteiger partial charge in [0.05, 0.1) is 19.1 Å².